The van der Waals surface area contributed by atoms with Crippen molar-refractivity contribution in [1.29, 1.82) is 0 Å². The second kappa shape index (κ2) is 8.88. The van der Waals surface area contributed by atoms with Crippen molar-refractivity contribution in [3.63, 3.8) is 0 Å². The third kappa shape index (κ3) is 5.21. The molecule has 8 nitrogen and oxygen atoms in total. The summed E-state index contributed by atoms with van der Waals surface area (Å²) in [4.78, 5) is 36.3. The Bertz CT molecular complexity index is 812. The van der Waals surface area contributed by atoms with E-state index in [2.05, 4.69) is 20.6 Å². The maximum Gasteiger partial charge on any atom is 0.317 e. The first-order chi connectivity index (χ1) is 13.0. The van der Waals surface area contributed by atoms with Gasteiger partial charge in [0.15, 0.2) is 0 Å². The molecule has 0 aliphatic carbocycles. The molecular weight excluding hydrogens is 391 g/mol. The number of carbonyl (C=O) groups excluding carboxylic acids is 2. The zero-order valence-corrected chi connectivity index (χ0v) is 15.9. The van der Waals surface area contributed by atoms with E-state index < -0.39 is 0 Å². The molecule has 1 saturated heterocycles. The van der Waals surface area contributed by atoms with Crippen LogP contribution in [0.5, 0.6) is 0 Å². The molecule has 1 aromatic heterocycles. The molecule has 1 aliphatic rings. The van der Waals surface area contributed by atoms with Crippen LogP contribution in [0, 0.1) is 0 Å². The molecule has 1 aliphatic heterocycles. The Morgan fingerprint density at radius 2 is 1.74 bits per heavy atom. The number of benzene rings is 1. The van der Waals surface area contributed by atoms with Crippen LogP contribution < -0.4 is 15.5 Å². The van der Waals surface area contributed by atoms with Crippen molar-refractivity contribution >= 4 is 46.8 Å². The molecule has 0 atom stereocenters. The molecule has 0 unspecified atom stereocenters. The summed E-state index contributed by atoms with van der Waals surface area (Å²) in [6, 6.07) is 6.25. The van der Waals surface area contributed by atoms with Crippen LogP contribution in [0.3, 0.4) is 0 Å². The summed E-state index contributed by atoms with van der Waals surface area (Å²) >= 11 is 11.7. The van der Waals surface area contributed by atoms with Crippen LogP contribution in [-0.2, 0) is 4.79 Å². The predicted octanol–water partition coefficient (Wildman–Crippen LogP) is 2.25. The molecule has 3 rings (SSSR count). The third-order valence-electron chi connectivity index (χ3n) is 4.01. The molecule has 3 amide bonds. The fraction of sp³-hybridized carbons (Fsp3) is 0.294. The number of nitrogens with one attached hydrogen (secondary N) is 2. The first-order valence-corrected chi connectivity index (χ1v) is 9.08. The van der Waals surface area contributed by atoms with Gasteiger partial charge in [0.1, 0.15) is 0 Å². The van der Waals surface area contributed by atoms with E-state index >= 15 is 0 Å². The zero-order chi connectivity index (χ0) is 19.2. The summed E-state index contributed by atoms with van der Waals surface area (Å²) < 4.78 is 0. The van der Waals surface area contributed by atoms with Gasteiger partial charge in [-0.3, -0.25) is 4.79 Å². The normalized spacial score (nSPS) is 14.0. The molecule has 2 heterocycles. The molecule has 0 bridgehead atoms. The van der Waals surface area contributed by atoms with Crippen molar-refractivity contribution in [3.8, 4) is 0 Å². The highest BCUT2D eigenvalue weighted by Crippen LogP contribution is 2.24. The van der Waals surface area contributed by atoms with Crippen LogP contribution in [0.15, 0.2) is 36.7 Å². The number of nitrogens with zero attached hydrogens (tertiary/aromatic N) is 4. The lowest BCUT2D eigenvalue weighted by atomic mass is 10.3. The Balaban J connectivity index is 1.43. The average molecular weight is 409 g/mol. The van der Waals surface area contributed by atoms with Gasteiger partial charge >= 0.3 is 6.03 Å². The topological polar surface area (TPSA) is 90.5 Å². The quantitative estimate of drug-likeness (QED) is 0.809. The second-order valence-corrected chi connectivity index (χ2v) is 6.67. The minimum Gasteiger partial charge on any atom is -0.337 e. The second-order valence-electron chi connectivity index (χ2n) is 5.86. The van der Waals surface area contributed by atoms with Crippen molar-refractivity contribution in [3.05, 3.63) is 46.7 Å². The Kier molecular flexibility index (Phi) is 6.31. The number of piperazine rings is 1. The molecular formula is C17H18Cl2N6O2. The first-order valence-electron chi connectivity index (χ1n) is 8.32. The number of aromatic nitrogens is 2. The molecule has 1 fully saturated rings. The Labute approximate surface area is 166 Å². The highest BCUT2D eigenvalue weighted by molar-refractivity contribution is 6.42. The van der Waals surface area contributed by atoms with E-state index in [4.69, 9.17) is 23.2 Å². The molecule has 2 aromatic rings. The Morgan fingerprint density at radius 1 is 1.04 bits per heavy atom. The van der Waals surface area contributed by atoms with Crippen LogP contribution in [0.4, 0.5) is 16.4 Å². The molecule has 0 spiro atoms. The molecule has 2 N–H and O–H groups in total. The minimum atomic E-state index is -0.349. The molecule has 1 aromatic carbocycles. The van der Waals surface area contributed by atoms with Crippen molar-refractivity contribution in [2.75, 3.05) is 42.9 Å². The lowest BCUT2D eigenvalue weighted by molar-refractivity contribution is -0.115. The number of hydrogen-bond donors (Lipinski definition) is 2. The standard InChI is InChI=1S/C17H18Cl2N6O2/c18-13-3-2-12(10-14(13)19)23-15(26)11-22-17(27)25-8-6-24(7-9-25)16-20-4-1-5-21-16/h1-5,10H,6-9,11H2,(H,22,27)(H,23,26). The number of urea groups is 1. The van der Waals surface area contributed by atoms with Gasteiger partial charge in [-0.1, -0.05) is 23.2 Å². The highest BCUT2D eigenvalue weighted by atomic mass is 35.5. The number of amides is 3. The summed E-state index contributed by atoms with van der Waals surface area (Å²) in [5.41, 5.74) is 0.514. The van der Waals surface area contributed by atoms with Gasteiger partial charge in [0.2, 0.25) is 11.9 Å². The van der Waals surface area contributed by atoms with Crippen molar-refractivity contribution in [1.82, 2.24) is 20.2 Å². The maximum atomic E-state index is 12.2. The van der Waals surface area contributed by atoms with Crippen LogP contribution in [0.1, 0.15) is 0 Å². The highest BCUT2D eigenvalue weighted by Gasteiger charge is 2.22. The summed E-state index contributed by atoms with van der Waals surface area (Å²) in [5.74, 6) is 0.302. The largest absolute Gasteiger partial charge is 0.337 e. The van der Waals surface area contributed by atoms with Gasteiger partial charge in [-0.15, -0.1) is 0 Å². The molecule has 10 heteroatoms. The number of hydrogen-bond acceptors (Lipinski definition) is 5. The fourth-order valence-electron chi connectivity index (χ4n) is 2.61. The Morgan fingerprint density at radius 3 is 2.41 bits per heavy atom. The predicted molar refractivity (Wildman–Crippen MR) is 104 cm³/mol. The van der Waals surface area contributed by atoms with Crippen LogP contribution >= 0.6 is 23.2 Å². The lowest BCUT2D eigenvalue weighted by Gasteiger charge is -2.34. The Hall–Kier alpha value is -2.58. The summed E-state index contributed by atoms with van der Waals surface area (Å²) in [7, 11) is 0. The fourth-order valence-corrected chi connectivity index (χ4v) is 2.91. The number of anilines is 2. The summed E-state index contributed by atoms with van der Waals surface area (Å²) in [6.45, 7) is 2.18. The van der Waals surface area contributed by atoms with Crippen LogP contribution in [0.2, 0.25) is 10.0 Å². The lowest BCUT2D eigenvalue weighted by Crippen LogP contribution is -2.53. The minimum absolute atomic E-state index is 0.138. The van der Waals surface area contributed by atoms with E-state index in [-0.39, 0.29) is 18.5 Å². The average Bonchev–Trinajstić information content (AvgIpc) is 2.70. The van der Waals surface area contributed by atoms with Gasteiger partial charge in [-0.2, -0.15) is 0 Å². The van der Waals surface area contributed by atoms with Crippen LogP contribution in [0.25, 0.3) is 0 Å². The summed E-state index contributed by atoms with van der Waals surface area (Å²) in [5, 5.41) is 6.03. The number of halogens is 2. The van der Waals surface area contributed by atoms with Gasteiger partial charge in [0.05, 0.1) is 16.6 Å². The maximum absolute atomic E-state index is 12.2. The molecule has 142 valence electrons. The van der Waals surface area contributed by atoms with Crippen LogP contribution in [-0.4, -0.2) is 59.5 Å². The van der Waals surface area contributed by atoms with Crippen molar-refractivity contribution < 1.29 is 9.59 Å². The number of rotatable bonds is 4. The van der Waals surface area contributed by atoms with E-state index in [9.17, 15) is 9.59 Å². The van der Waals surface area contributed by atoms with Gasteiger partial charge in [0.25, 0.3) is 0 Å². The zero-order valence-electron chi connectivity index (χ0n) is 14.4. The van der Waals surface area contributed by atoms with Gasteiger partial charge in [-0.25, -0.2) is 14.8 Å². The number of carbonyl (C=O) groups is 2. The van der Waals surface area contributed by atoms with E-state index in [1.165, 1.54) is 0 Å². The third-order valence-corrected chi connectivity index (χ3v) is 4.74. The van der Waals surface area contributed by atoms with E-state index in [0.29, 0.717) is 47.9 Å². The van der Waals surface area contributed by atoms with Gasteiger partial charge in [-0.05, 0) is 24.3 Å². The van der Waals surface area contributed by atoms with E-state index in [1.807, 2.05) is 4.90 Å². The molecule has 0 radical (unpaired) electrons. The molecule has 27 heavy (non-hydrogen) atoms. The first kappa shape index (κ1) is 19.2. The van der Waals surface area contributed by atoms with Gasteiger partial charge < -0.3 is 20.4 Å². The van der Waals surface area contributed by atoms with E-state index in [0.717, 1.165) is 0 Å². The monoisotopic (exact) mass is 408 g/mol. The SMILES string of the molecule is O=C(CNC(=O)N1CCN(c2ncccn2)CC1)Nc1ccc(Cl)c(Cl)c1. The van der Waals surface area contributed by atoms with Crippen molar-refractivity contribution in [2.24, 2.45) is 0 Å². The van der Waals surface area contributed by atoms with E-state index in [1.54, 1.807) is 41.6 Å². The van der Waals surface area contributed by atoms with Crippen molar-refractivity contribution in [2.45, 2.75) is 0 Å². The summed E-state index contributed by atoms with van der Waals surface area (Å²) in [6.07, 6.45) is 3.38. The van der Waals surface area contributed by atoms with Gasteiger partial charge in [0, 0.05) is 44.3 Å². The molecule has 0 saturated carbocycles. The smallest absolute Gasteiger partial charge is 0.317 e.